The minimum atomic E-state index is -0.308. The summed E-state index contributed by atoms with van der Waals surface area (Å²) in [5, 5.41) is 0. The molecule has 0 N–H and O–H groups in total. The minimum absolute atomic E-state index is 0.0894. The van der Waals surface area contributed by atoms with E-state index in [1.807, 2.05) is 4.90 Å². The first-order valence-corrected chi connectivity index (χ1v) is 9.00. The van der Waals surface area contributed by atoms with E-state index in [4.69, 9.17) is 4.42 Å². The van der Waals surface area contributed by atoms with Gasteiger partial charge in [-0.25, -0.2) is 4.39 Å². The average Bonchev–Trinajstić information content (AvgIpc) is 3.42. The number of furan rings is 1. The van der Waals surface area contributed by atoms with Gasteiger partial charge in [-0.1, -0.05) is 12.1 Å². The van der Waals surface area contributed by atoms with E-state index in [9.17, 15) is 14.0 Å². The summed E-state index contributed by atoms with van der Waals surface area (Å²) in [6.07, 6.45) is 3.51. The third kappa shape index (κ3) is 3.11. The Bertz CT molecular complexity index is 782. The summed E-state index contributed by atoms with van der Waals surface area (Å²) in [6.45, 7) is 2.33. The molecule has 1 aromatic heterocycles. The van der Waals surface area contributed by atoms with Crippen molar-refractivity contribution in [2.24, 2.45) is 5.92 Å². The first kappa shape index (κ1) is 16.8. The zero-order chi connectivity index (χ0) is 18.1. The molecule has 0 radical (unpaired) electrons. The van der Waals surface area contributed by atoms with Gasteiger partial charge in [0.05, 0.1) is 12.2 Å². The summed E-state index contributed by atoms with van der Waals surface area (Å²) in [5.41, 5.74) is 0.888. The lowest BCUT2D eigenvalue weighted by molar-refractivity contribution is -0.134. The molecule has 2 aromatic rings. The molecule has 4 rings (SSSR count). The van der Waals surface area contributed by atoms with E-state index in [1.165, 1.54) is 18.4 Å². The third-order valence-corrected chi connectivity index (χ3v) is 5.37. The maximum absolute atomic E-state index is 13.3. The van der Waals surface area contributed by atoms with Crippen LogP contribution in [0.3, 0.4) is 0 Å². The molecule has 2 fully saturated rings. The van der Waals surface area contributed by atoms with Gasteiger partial charge >= 0.3 is 0 Å². The number of likely N-dealkylation sites (tertiary alicyclic amines) is 2. The Kier molecular flexibility index (Phi) is 4.49. The van der Waals surface area contributed by atoms with Gasteiger partial charge in [0.1, 0.15) is 5.82 Å². The van der Waals surface area contributed by atoms with Gasteiger partial charge in [0.15, 0.2) is 5.76 Å². The van der Waals surface area contributed by atoms with Crippen LogP contribution in [0.25, 0.3) is 0 Å². The Morgan fingerprint density at radius 3 is 2.38 bits per heavy atom. The summed E-state index contributed by atoms with van der Waals surface area (Å²) in [6, 6.07) is 9.54. The Balaban J connectivity index is 1.60. The molecular weight excluding hydrogens is 335 g/mol. The van der Waals surface area contributed by atoms with Crippen LogP contribution in [0.2, 0.25) is 0 Å². The summed E-state index contributed by atoms with van der Waals surface area (Å²) < 4.78 is 18.5. The highest BCUT2D eigenvalue weighted by molar-refractivity contribution is 5.92. The highest BCUT2D eigenvalue weighted by atomic mass is 19.1. The van der Waals surface area contributed by atoms with E-state index < -0.39 is 0 Å². The van der Waals surface area contributed by atoms with Crippen molar-refractivity contribution >= 4 is 11.8 Å². The second-order valence-electron chi connectivity index (χ2n) is 6.98. The lowest BCUT2D eigenvalue weighted by Gasteiger charge is -2.23. The standard InChI is InChI=1S/C20H21FN2O3/c21-15-7-5-14(6-8-15)16-12-23(20(25)18-4-3-11-26-18)13-17(16)19(24)22-9-1-2-10-22/h3-8,11,16-17H,1-2,9-10,12-13H2. The maximum atomic E-state index is 13.3. The number of nitrogens with zero attached hydrogens (tertiary/aromatic N) is 2. The van der Waals surface area contributed by atoms with Gasteiger partial charge in [-0.15, -0.1) is 0 Å². The molecule has 6 heteroatoms. The lowest BCUT2D eigenvalue weighted by Crippen LogP contribution is -2.37. The first-order valence-electron chi connectivity index (χ1n) is 9.00. The number of benzene rings is 1. The van der Waals surface area contributed by atoms with Gasteiger partial charge in [0.2, 0.25) is 5.91 Å². The van der Waals surface area contributed by atoms with Crippen LogP contribution in [0.5, 0.6) is 0 Å². The van der Waals surface area contributed by atoms with Crippen molar-refractivity contribution in [3.8, 4) is 0 Å². The van der Waals surface area contributed by atoms with Crippen molar-refractivity contribution in [1.82, 2.24) is 9.80 Å². The van der Waals surface area contributed by atoms with Gasteiger partial charge in [0, 0.05) is 32.1 Å². The van der Waals surface area contributed by atoms with Crippen molar-refractivity contribution < 1.29 is 18.4 Å². The highest BCUT2D eigenvalue weighted by Gasteiger charge is 2.43. The molecule has 0 aliphatic carbocycles. The summed E-state index contributed by atoms with van der Waals surface area (Å²) >= 11 is 0. The molecule has 0 saturated carbocycles. The van der Waals surface area contributed by atoms with Gasteiger partial charge < -0.3 is 14.2 Å². The number of amides is 2. The molecule has 2 aliphatic heterocycles. The molecule has 2 atom stereocenters. The topological polar surface area (TPSA) is 53.8 Å². The predicted molar refractivity (Wildman–Crippen MR) is 93.1 cm³/mol. The summed E-state index contributed by atoms with van der Waals surface area (Å²) in [7, 11) is 0. The van der Waals surface area contributed by atoms with Crippen molar-refractivity contribution in [2.45, 2.75) is 18.8 Å². The summed E-state index contributed by atoms with van der Waals surface area (Å²) in [5.74, 6) is -0.597. The van der Waals surface area contributed by atoms with Crippen LogP contribution in [0, 0.1) is 11.7 Å². The molecule has 3 heterocycles. The van der Waals surface area contributed by atoms with E-state index in [2.05, 4.69) is 0 Å². The fourth-order valence-corrected chi connectivity index (χ4v) is 4.00. The van der Waals surface area contributed by atoms with Gasteiger partial charge in [-0.05, 0) is 42.7 Å². The molecule has 0 bridgehead atoms. The smallest absolute Gasteiger partial charge is 0.289 e. The van der Waals surface area contributed by atoms with E-state index in [1.54, 1.807) is 29.2 Å². The number of carbonyl (C=O) groups is 2. The maximum Gasteiger partial charge on any atom is 0.289 e. The van der Waals surface area contributed by atoms with Crippen molar-refractivity contribution in [1.29, 1.82) is 0 Å². The molecule has 26 heavy (non-hydrogen) atoms. The van der Waals surface area contributed by atoms with Crippen LogP contribution < -0.4 is 0 Å². The molecule has 2 aliphatic rings. The van der Waals surface area contributed by atoms with Crippen LogP contribution in [0.1, 0.15) is 34.9 Å². The SMILES string of the molecule is O=C(c1ccco1)N1CC(C(=O)N2CCCC2)C(c2ccc(F)cc2)C1. The molecular formula is C20H21FN2O3. The van der Waals surface area contributed by atoms with Crippen molar-refractivity contribution in [3.05, 3.63) is 59.8 Å². The van der Waals surface area contributed by atoms with Gasteiger partial charge in [-0.2, -0.15) is 0 Å². The Labute approximate surface area is 151 Å². The van der Waals surface area contributed by atoms with Crippen LogP contribution >= 0.6 is 0 Å². The summed E-state index contributed by atoms with van der Waals surface area (Å²) in [4.78, 5) is 29.3. The van der Waals surface area contributed by atoms with Crippen LogP contribution in [0.4, 0.5) is 4.39 Å². The zero-order valence-electron chi connectivity index (χ0n) is 14.4. The van der Waals surface area contributed by atoms with Crippen LogP contribution in [-0.4, -0.2) is 47.8 Å². The molecule has 2 unspecified atom stereocenters. The normalized spacial score (nSPS) is 22.8. The molecule has 1 aromatic carbocycles. The predicted octanol–water partition coefficient (Wildman–Crippen LogP) is 2.90. The van der Waals surface area contributed by atoms with Crippen molar-refractivity contribution in [2.75, 3.05) is 26.2 Å². The second-order valence-corrected chi connectivity index (χ2v) is 6.98. The highest BCUT2D eigenvalue weighted by Crippen LogP contribution is 2.35. The number of rotatable bonds is 3. The minimum Gasteiger partial charge on any atom is -0.459 e. The third-order valence-electron chi connectivity index (χ3n) is 5.37. The molecule has 2 amide bonds. The van der Waals surface area contributed by atoms with Gasteiger partial charge in [0.25, 0.3) is 5.91 Å². The van der Waals surface area contributed by atoms with E-state index >= 15 is 0 Å². The number of carbonyl (C=O) groups excluding carboxylic acids is 2. The molecule has 5 nitrogen and oxygen atoms in total. The van der Waals surface area contributed by atoms with Crippen LogP contribution in [0.15, 0.2) is 47.1 Å². The average molecular weight is 356 g/mol. The van der Waals surface area contributed by atoms with Crippen molar-refractivity contribution in [3.63, 3.8) is 0 Å². The number of halogens is 1. The van der Waals surface area contributed by atoms with E-state index in [0.717, 1.165) is 31.5 Å². The Morgan fingerprint density at radius 2 is 1.73 bits per heavy atom. The quantitative estimate of drug-likeness (QED) is 0.850. The van der Waals surface area contributed by atoms with Crippen LogP contribution in [-0.2, 0) is 4.79 Å². The Hall–Kier alpha value is -2.63. The fourth-order valence-electron chi connectivity index (χ4n) is 4.00. The molecule has 136 valence electrons. The second kappa shape index (κ2) is 6.94. The van der Waals surface area contributed by atoms with E-state index in [0.29, 0.717) is 13.1 Å². The number of hydrogen-bond donors (Lipinski definition) is 0. The van der Waals surface area contributed by atoms with Gasteiger partial charge in [-0.3, -0.25) is 9.59 Å². The largest absolute Gasteiger partial charge is 0.459 e. The Morgan fingerprint density at radius 1 is 1.00 bits per heavy atom. The molecule has 0 spiro atoms. The van der Waals surface area contributed by atoms with E-state index in [-0.39, 0.29) is 35.2 Å². The number of hydrogen-bond acceptors (Lipinski definition) is 3. The monoisotopic (exact) mass is 356 g/mol. The zero-order valence-corrected chi connectivity index (χ0v) is 14.4. The lowest BCUT2D eigenvalue weighted by atomic mass is 9.88. The first-order chi connectivity index (χ1) is 12.6. The fraction of sp³-hybridized carbons (Fsp3) is 0.400. The molecule has 2 saturated heterocycles.